The fourth-order valence-corrected chi connectivity index (χ4v) is 3.83. The van der Waals surface area contributed by atoms with Crippen molar-refractivity contribution < 1.29 is 14.3 Å². The minimum Gasteiger partial charge on any atom is -0.381 e. The van der Waals surface area contributed by atoms with Gasteiger partial charge in [0.15, 0.2) is 0 Å². The van der Waals surface area contributed by atoms with Crippen LogP contribution in [-0.2, 0) is 20.7 Å². The van der Waals surface area contributed by atoms with Crippen LogP contribution in [-0.4, -0.2) is 41.8 Å². The lowest BCUT2D eigenvalue weighted by Gasteiger charge is -2.16. The van der Waals surface area contributed by atoms with Crippen LogP contribution in [0.5, 0.6) is 0 Å². The molecule has 1 fully saturated rings. The molecule has 1 aliphatic rings. The normalized spacial score (nSPS) is 16.7. The summed E-state index contributed by atoms with van der Waals surface area (Å²) in [5, 5.41) is 12.2. The molecule has 1 saturated heterocycles. The van der Waals surface area contributed by atoms with Crippen molar-refractivity contribution >= 4 is 34.0 Å². The number of ether oxygens (including phenoxy) is 1. The molecule has 0 aliphatic carbocycles. The summed E-state index contributed by atoms with van der Waals surface area (Å²) in [5.41, 5.74) is 2.16. The van der Waals surface area contributed by atoms with Crippen LogP contribution in [0.25, 0.3) is 0 Å². The van der Waals surface area contributed by atoms with Crippen molar-refractivity contribution in [3.63, 3.8) is 0 Å². The van der Waals surface area contributed by atoms with Crippen LogP contribution in [0.3, 0.4) is 0 Å². The van der Waals surface area contributed by atoms with E-state index >= 15 is 0 Å². The van der Waals surface area contributed by atoms with Gasteiger partial charge < -0.3 is 15.0 Å². The molecule has 2 amide bonds. The molecule has 2 heterocycles. The molecule has 0 bridgehead atoms. The highest BCUT2D eigenvalue weighted by Crippen LogP contribution is 2.34. The lowest BCUT2D eigenvalue weighted by Crippen LogP contribution is -2.24. The topological polar surface area (TPSA) is 84.4 Å². The number of benzene rings is 1. The van der Waals surface area contributed by atoms with Gasteiger partial charge in [-0.1, -0.05) is 30.4 Å². The van der Waals surface area contributed by atoms with Gasteiger partial charge in [0.1, 0.15) is 5.01 Å². The number of carbonyl (C=O) groups excluding carboxylic acids is 2. The third kappa shape index (κ3) is 4.90. The second-order valence-electron chi connectivity index (χ2n) is 6.37. The molecular weight excluding hydrogens is 364 g/mol. The first-order chi connectivity index (χ1) is 13.1. The Bertz CT molecular complexity index is 791. The van der Waals surface area contributed by atoms with E-state index in [1.807, 2.05) is 19.1 Å². The number of hydrogen-bond acceptors (Lipinski definition) is 6. The summed E-state index contributed by atoms with van der Waals surface area (Å²) in [6.45, 7) is 5.55. The quantitative estimate of drug-likeness (QED) is 0.703. The van der Waals surface area contributed by atoms with E-state index < -0.39 is 0 Å². The van der Waals surface area contributed by atoms with Crippen LogP contribution in [0.15, 0.2) is 24.3 Å². The number of carbonyl (C=O) groups is 2. The van der Waals surface area contributed by atoms with E-state index in [9.17, 15) is 9.59 Å². The maximum Gasteiger partial charge on any atom is 0.228 e. The first-order valence-corrected chi connectivity index (χ1v) is 10.0. The fraction of sp³-hybridized carbons (Fsp3) is 0.474. The third-order valence-corrected chi connectivity index (χ3v) is 5.50. The summed E-state index contributed by atoms with van der Waals surface area (Å²) in [7, 11) is 0. The molecule has 1 aromatic carbocycles. The molecule has 144 valence electrons. The van der Waals surface area contributed by atoms with Gasteiger partial charge in [-0.05, 0) is 31.0 Å². The zero-order valence-electron chi connectivity index (χ0n) is 15.6. The van der Waals surface area contributed by atoms with E-state index in [2.05, 4.69) is 34.6 Å². The number of rotatable bonds is 8. The number of amides is 2. The second-order valence-corrected chi connectivity index (χ2v) is 7.38. The van der Waals surface area contributed by atoms with Crippen LogP contribution in [0, 0.1) is 0 Å². The van der Waals surface area contributed by atoms with Crippen molar-refractivity contribution in [2.45, 2.75) is 39.0 Å². The smallest absolute Gasteiger partial charge is 0.228 e. The first-order valence-electron chi connectivity index (χ1n) is 9.21. The third-order valence-electron chi connectivity index (χ3n) is 4.50. The van der Waals surface area contributed by atoms with Crippen molar-refractivity contribution in [1.29, 1.82) is 0 Å². The summed E-state index contributed by atoms with van der Waals surface area (Å²) in [5.74, 6) is -0.0667. The van der Waals surface area contributed by atoms with Gasteiger partial charge in [0.25, 0.3) is 0 Å². The van der Waals surface area contributed by atoms with Crippen molar-refractivity contribution in [3.8, 4) is 0 Å². The lowest BCUT2D eigenvalue weighted by molar-refractivity contribution is -0.118. The molecule has 0 spiro atoms. The van der Waals surface area contributed by atoms with Crippen LogP contribution in [0.2, 0.25) is 0 Å². The summed E-state index contributed by atoms with van der Waals surface area (Å²) in [6.07, 6.45) is 1.66. The van der Waals surface area contributed by atoms with Gasteiger partial charge in [0.2, 0.25) is 16.9 Å². The Hall–Kier alpha value is -2.32. The summed E-state index contributed by atoms with van der Waals surface area (Å²) >= 11 is 1.33. The standard InChI is InChI=1S/C19H24N4O3S/c1-3-13-5-7-15(8-6-13)23-12-14(11-17(23)25)18-21-22-19(27-18)20-16(24)9-10-26-4-2/h5-8,14H,3-4,9-12H2,1-2H3,(H,20,22,24)/t14-/m0/s1. The van der Waals surface area contributed by atoms with Gasteiger partial charge in [-0.3, -0.25) is 9.59 Å². The molecule has 0 radical (unpaired) electrons. The predicted octanol–water partition coefficient (Wildman–Crippen LogP) is 2.99. The molecular formula is C19H24N4O3S. The SMILES string of the molecule is CCOCCC(=O)Nc1nnc([C@H]2CC(=O)N(c3ccc(CC)cc3)C2)s1. The van der Waals surface area contributed by atoms with E-state index in [1.165, 1.54) is 16.9 Å². The Labute approximate surface area is 162 Å². The number of anilines is 2. The molecule has 27 heavy (non-hydrogen) atoms. The molecule has 3 rings (SSSR count). The largest absolute Gasteiger partial charge is 0.381 e. The predicted molar refractivity (Wildman–Crippen MR) is 105 cm³/mol. The molecule has 1 aliphatic heterocycles. The zero-order valence-corrected chi connectivity index (χ0v) is 16.4. The molecule has 0 saturated carbocycles. The zero-order chi connectivity index (χ0) is 19.2. The maximum atomic E-state index is 12.4. The molecule has 0 unspecified atom stereocenters. The average molecular weight is 388 g/mol. The number of nitrogens with zero attached hydrogens (tertiary/aromatic N) is 3. The molecule has 1 N–H and O–H groups in total. The molecule has 7 nitrogen and oxygen atoms in total. The van der Waals surface area contributed by atoms with Crippen LogP contribution >= 0.6 is 11.3 Å². The first kappa shape index (κ1) is 19.4. The minimum absolute atomic E-state index is 0.00470. The Kier molecular flexibility index (Phi) is 6.52. The van der Waals surface area contributed by atoms with Crippen molar-refractivity contribution in [1.82, 2.24) is 10.2 Å². The van der Waals surface area contributed by atoms with E-state index in [1.54, 1.807) is 4.90 Å². The Morgan fingerprint density at radius 2 is 2.07 bits per heavy atom. The van der Waals surface area contributed by atoms with Crippen molar-refractivity contribution in [2.75, 3.05) is 30.0 Å². The highest BCUT2D eigenvalue weighted by molar-refractivity contribution is 7.15. The van der Waals surface area contributed by atoms with Gasteiger partial charge in [-0.25, -0.2) is 0 Å². The fourth-order valence-electron chi connectivity index (χ4n) is 2.98. The molecule has 1 aromatic heterocycles. The minimum atomic E-state index is -0.147. The van der Waals surface area contributed by atoms with Crippen LogP contribution in [0.1, 0.15) is 43.2 Å². The van der Waals surface area contributed by atoms with E-state index in [0.29, 0.717) is 31.3 Å². The number of aryl methyl sites for hydroxylation is 1. The number of nitrogens with one attached hydrogen (secondary N) is 1. The Morgan fingerprint density at radius 1 is 1.30 bits per heavy atom. The Morgan fingerprint density at radius 3 is 2.78 bits per heavy atom. The summed E-state index contributed by atoms with van der Waals surface area (Å²) in [6, 6.07) is 8.08. The number of aromatic nitrogens is 2. The van der Waals surface area contributed by atoms with Gasteiger partial charge >= 0.3 is 0 Å². The maximum absolute atomic E-state index is 12.4. The highest BCUT2D eigenvalue weighted by Gasteiger charge is 2.33. The summed E-state index contributed by atoms with van der Waals surface area (Å²) in [4.78, 5) is 26.1. The van der Waals surface area contributed by atoms with Crippen molar-refractivity contribution in [2.24, 2.45) is 0 Å². The van der Waals surface area contributed by atoms with Gasteiger partial charge in [-0.15, -0.1) is 10.2 Å². The van der Waals surface area contributed by atoms with Gasteiger partial charge in [-0.2, -0.15) is 0 Å². The van der Waals surface area contributed by atoms with Gasteiger partial charge in [0, 0.05) is 31.2 Å². The van der Waals surface area contributed by atoms with Crippen molar-refractivity contribution in [3.05, 3.63) is 34.8 Å². The lowest BCUT2D eigenvalue weighted by atomic mass is 10.1. The monoisotopic (exact) mass is 388 g/mol. The number of hydrogen-bond donors (Lipinski definition) is 1. The summed E-state index contributed by atoms with van der Waals surface area (Å²) < 4.78 is 5.17. The van der Waals surface area contributed by atoms with E-state index in [4.69, 9.17) is 4.74 Å². The Balaban J connectivity index is 1.60. The average Bonchev–Trinajstić information content (AvgIpc) is 3.28. The highest BCUT2D eigenvalue weighted by atomic mass is 32.1. The molecule has 2 aromatic rings. The molecule has 8 heteroatoms. The van der Waals surface area contributed by atoms with Crippen LogP contribution < -0.4 is 10.2 Å². The molecule has 1 atom stereocenters. The van der Waals surface area contributed by atoms with Crippen LogP contribution in [0.4, 0.5) is 10.8 Å². The van der Waals surface area contributed by atoms with Gasteiger partial charge in [0.05, 0.1) is 13.0 Å². The van der Waals surface area contributed by atoms with E-state index in [0.717, 1.165) is 17.1 Å². The van der Waals surface area contributed by atoms with E-state index in [-0.39, 0.29) is 24.2 Å². The second kappa shape index (κ2) is 9.05.